The maximum atomic E-state index is 10.3. The lowest BCUT2D eigenvalue weighted by Gasteiger charge is -2.34. The Morgan fingerprint density at radius 1 is 1.12 bits per heavy atom. The highest BCUT2D eigenvalue weighted by Gasteiger charge is 2.24. The molecule has 0 unspecified atom stereocenters. The number of thiazole rings is 1. The predicted molar refractivity (Wildman–Crippen MR) is 111 cm³/mol. The van der Waals surface area contributed by atoms with Crippen molar-refractivity contribution < 1.29 is 5.11 Å². The molecule has 1 N–H and O–H groups in total. The molecule has 2 aromatic carbocycles. The van der Waals surface area contributed by atoms with Crippen molar-refractivity contribution >= 4 is 62.0 Å². The molecule has 26 heavy (non-hydrogen) atoms. The summed E-state index contributed by atoms with van der Waals surface area (Å²) in [4.78, 5) is 6.69. The number of piperidine rings is 1. The molecule has 4 rings (SSSR count). The number of phenols is 1. The van der Waals surface area contributed by atoms with Crippen LogP contribution in [0.5, 0.6) is 5.75 Å². The Labute approximate surface area is 171 Å². The Morgan fingerprint density at radius 3 is 2.50 bits per heavy atom. The van der Waals surface area contributed by atoms with Crippen LogP contribution in [-0.2, 0) is 6.42 Å². The molecule has 0 saturated carbocycles. The number of benzene rings is 2. The third kappa shape index (κ3) is 3.48. The lowest BCUT2D eigenvalue weighted by molar-refractivity contribution is 0.399. The van der Waals surface area contributed by atoms with Crippen LogP contribution in [0.25, 0.3) is 10.2 Å². The summed E-state index contributed by atoms with van der Waals surface area (Å²) in [6, 6.07) is 7.50. The van der Waals surface area contributed by atoms with Crippen LogP contribution in [0.2, 0.25) is 15.1 Å². The molecule has 0 bridgehead atoms. The number of halogens is 3. The summed E-state index contributed by atoms with van der Waals surface area (Å²) in [5.74, 6) is 0.856. The summed E-state index contributed by atoms with van der Waals surface area (Å²) < 4.78 is 1.10. The standard InChI is InChI=1S/C19H17Cl3N2OS/c20-13-8-12(9-14(21)17(13)22)7-11-3-5-24(6-4-11)19-15(25)1-2-16-18(19)23-10-26-16/h1-2,8-11,25H,3-7H2. The number of hydrogen-bond acceptors (Lipinski definition) is 4. The minimum Gasteiger partial charge on any atom is -0.506 e. The van der Waals surface area contributed by atoms with Crippen LogP contribution in [0.4, 0.5) is 5.69 Å². The van der Waals surface area contributed by atoms with Gasteiger partial charge >= 0.3 is 0 Å². The third-order valence-corrected chi connectivity index (χ3v) is 6.94. The molecular weight excluding hydrogens is 411 g/mol. The highest BCUT2D eigenvalue weighted by atomic mass is 35.5. The van der Waals surface area contributed by atoms with E-state index < -0.39 is 0 Å². The van der Waals surface area contributed by atoms with Crippen molar-refractivity contribution in [1.29, 1.82) is 0 Å². The number of hydrogen-bond donors (Lipinski definition) is 1. The van der Waals surface area contributed by atoms with E-state index in [9.17, 15) is 5.11 Å². The molecule has 3 nitrogen and oxygen atoms in total. The zero-order valence-electron chi connectivity index (χ0n) is 13.9. The molecule has 0 radical (unpaired) electrons. The molecule has 1 aliphatic heterocycles. The molecule has 0 amide bonds. The number of nitrogens with zero attached hydrogens (tertiary/aromatic N) is 2. The Bertz CT molecular complexity index is 928. The van der Waals surface area contributed by atoms with Crippen LogP contribution in [0, 0.1) is 5.92 Å². The van der Waals surface area contributed by atoms with E-state index in [0.29, 0.717) is 26.7 Å². The molecule has 2 heterocycles. The number of fused-ring (bicyclic) bond motifs is 1. The van der Waals surface area contributed by atoms with Gasteiger partial charge < -0.3 is 10.0 Å². The zero-order valence-corrected chi connectivity index (χ0v) is 17.0. The fraction of sp³-hybridized carbons (Fsp3) is 0.316. The average Bonchev–Trinajstić information content (AvgIpc) is 3.09. The summed E-state index contributed by atoms with van der Waals surface area (Å²) in [5.41, 5.74) is 4.70. The summed E-state index contributed by atoms with van der Waals surface area (Å²) >= 11 is 19.9. The highest BCUT2D eigenvalue weighted by Crippen LogP contribution is 2.39. The van der Waals surface area contributed by atoms with E-state index in [2.05, 4.69) is 9.88 Å². The summed E-state index contributed by atoms with van der Waals surface area (Å²) in [5, 5.41) is 11.8. The van der Waals surface area contributed by atoms with Gasteiger partial charge in [0, 0.05) is 13.1 Å². The highest BCUT2D eigenvalue weighted by molar-refractivity contribution is 7.16. The molecule has 3 aromatic rings. The van der Waals surface area contributed by atoms with Crippen LogP contribution in [0.1, 0.15) is 18.4 Å². The van der Waals surface area contributed by atoms with E-state index in [-0.39, 0.29) is 0 Å². The van der Waals surface area contributed by atoms with Gasteiger partial charge in [-0.3, -0.25) is 0 Å². The van der Waals surface area contributed by atoms with Crippen LogP contribution in [-0.4, -0.2) is 23.2 Å². The molecule has 1 saturated heterocycles. The zero-order chi connectivity index (χ0) is 18.3. The molecule has 1 fully saturated rings. The molecule has 1 aromatic heterocycles. The Hall–Kier alpha value is -1.20. The Kier molecular flexibility index (Phi) is 5.20. The van der Waals surface area contributed by atoms with Crippen LogP contribution in [0.15, 0.2) is 29.8 Å². The second-order valence-electron chi connectivity index (χ2n) is 6.64. The lowest BCUT2D eigenvalue weighted by atomic mass is 9.90. The minimum atomic E-state index is 0.304. The van der Waals surface area contributed by atoms with Gasteiger partial charge in [-0.1, -0.05) is 34.8 Å². The molecule has 0 spiro atoms. The van der Waals surface area contributed by atoms with Gasteiger partial charge in [-0.2, -0.15) is 0 Å². The smallest absolute Gasteiger partial charge is 0.141 e. The van der Waals surface area contributed by atoms with Crippen LogP contribution < -0.4 is 4.90 Å². The first kappa shape index (κ1) is 18.2. The monoisotopic (exact) mass is 426 g/mol. The van der Waals surface area contributed by atoms with E-state index in [1.54, 1.807) is 17.4 Å². The van der Waals surface area contributed by atoms with Crippen LogP contribution in [0.3, 0.4) is 0 Å². The first-order chi connectivity index (χ1) is 12.5. The Morgan fingerprint density at radius 2 is 1.81 bits per heavy atom. The Balaban J connectivity index is 1.47. The van der Waals surface area contributed by atoms with Gasteiger partial charge in [0.25, 0.3) is 0 Å². The number of aromatic nitrogens is 1. The van der Waals surface area contributed by atoms with E-state index in [1.807, 2.05) is 23.7 Å². The van der Waals surface area contributed by atoms with E-state index >= 15 is 0 Å². The lowest BCUT2D eigenvalue weighted by Crippen LogP contribution is -2.34. The molecule has 7 heteroatoms. The fourth-order valence-electron chi connectivity index (χ4n) is 3.64. The first-order valence-electron chi connectivity index (χ1n) is 8.46. The molecule has 0 aliphatic carbocycles. The van der Waals surface area contributed by atoms with Crippen molar-refractivity contribution in [3.63, 3.8) is 0 Å². The molecule has 136 valence electrons. The third-order valence-electron chi connectivity index (χ3n) is 4.95. The number of phenolic OH excluding ortho intramolecular Hbond substituents is 1. The fourth-order valence-corrected chi connectivity index (χ4v) is 4.96. The predicted octanol–water partition coefficient (Wildman–Crippen LogP) is 6.42. The number of aromatic hydroxyl groups is 1. The maximum absolute atomic E-state index is 10.3. The summed E-state index contributed by atoms with van der Waals surface area (Å²) in [7, 11) is 0. The van der Waals surface area contributed by atoms with Gasteiger partial charge in [0.2, 0.25) is 0 Å². The molecular formula is C19H17Cl3N2OS. The second kappa shape index (κ2) is 7.43. The van der Waals surface area contributed by atoms with Crippen molar-refractivity contribution in [2.24, 2.45) is 5.92 Å². The van der Waals surface area contributed by atoms with Crippen molar-refractivity contribution in [2.45, 2.75) is 19.3 Å². The molecule has 1 aliphatic rings. The van der Waals surface area contributed by atoms with Gasteiger partial charge in [0.1, 0.15) is 17.0 Å². The van der Waals surface area contributed by atoms with Gasteiger partial charge in [0.15, 0.2) is 0 Å². The van der Waals surface area contributed by atoms with Crippen molar-refractivity contribution in [3.05, 3.63) is 50.4 Å². The van der Waals surface area contributed by atoms with E-state index in [4.69, 9.17) is 34.8 Å². The summed E-state index contributed by atoms with van der Waals surface area (Å²) in [6.07, 6.45) is 3.01. The SMILES string of the molecule is Oc1ccc2scnc2c1N1CCC(Cc2cc(Cl)c(Cl)c(Cl)c2)CC1. The first-order valence-corrected chi connectivity index (χ1v) is 10.5. The number of rotatable bonds is 3. The summed E-state index contributed by atoms with van der Waals surface area (Å²) in [6.45, 7) is 1.79. The normalized spacial score (nSPS) is 15.7. The van der Waals surface area contributed by atoms with Gasteiger partial charge in [-0.05, 0) is 55.0 Å². The average molecular weight is 428 g/mol. The van der Waals surface area contributed by atoms with Gasteiger partial charge in [-0.25, -0.2) is 4.98 Å². The largest absolute Gasteiger partial charge is 0.506 e. The topological polar surface area (TPSA) is 36.4 Å². The van der Waals surface area contributed by atoms with Crippen molar-refractivity contribution in [2.75, 3.05) is 18.0 Å². The van der Waals surface area contributed by atoms with Crippen molar-refractivity contribution in [3.8, 4) is 5.75 Å². The van der Waals surface area contributed by atoms with Crippen LogP contribution >= 0.6 is 46.1 Å². The second-order valence-corrected chi connectivity index (χ2v) is 8.72. The quantitative estimate of drug-likeness (QED) is 0.490. The maximum Gasteiger partial charge on any atom is 0.141 e. The van der Waals surface area contributed by atoms with Gasteiger partial charge in [-0.15, -0.1) is 11.3 Å². The number of anilines is 1. The van der Waals surface area contributed by atoms with Gasteiger partial charge in [0.05, 0.1) is 25.3 Å². The molecule has 0 atom stereocenters. The van der Waals surface area contributed by atoms with E-state index in [0.717, 1.165) is 53.8 Å². The minimum absolute atomic E-state index is 0.304. The van der Waals surface area contributed by atoms with Crippen molar-refractivity contribution in [1.82, 2.24) is 4.98 Å². The van der Waals surface area contributed by atoms with E-state index in [1.165, 1.54) is 0 Å².